The third-order valence-corrected chi connectivity index (χ3v) is 8.91. The molecular formula is C30H36FN5O2. The first kappa shape index (κ1) is 25.0. The molecule has 6 rings (SSSR count). The summed E-state index contributed by atoms with van der Waals surface area (Å²) in [6.07, 6.45) is 7.55. The van der Waals surface area contributed by atoms with E-state index in [1.165, 1.54) is 18.9 Å². The Morgan fingerprint density at radius 2 is 1.76 bits per heavy atom. The molecule has 3 aromatic rings. The van der Waals surface area contributed by atoms with Crippen molar-refractivity contribution < 1.29 is 14.0 Å². The zero-order valence-electron chi connectivity index (χ0n) is 21.9. The first-order valence-corrected chi connectivity index (χ1v) is 14.0. The van der Waals surface area contributed by atoms with Crippen molar-refractivity contribution >= 4 is 22.8 Å². The highest BCUT2D eigenvalue weighted by atomic mass is 19.1. The summed E-state index contributed by atoms with van der Waals surface area (Å²) >= 11 is 0. The Morgan fingerprint density at radius 1 is 1.03 bits per heavy atom. The third kappa shape index (κ3) is 4.70. The van der Waals surface area contributed by atoms with Crippen LogP contribution in [0.5, 0.6) is 0 Å². The Bertz CT molecular complexity index is 1290. The normalized spacial score (nSPS) is 24.4. The van der Waals surface area contributed by atoms with Gasteiger partial charge in [-0.15, -0.1) is 0 Å². The summed E-state index contributed by atoms with van der Waals surface area (Å²) in [6.45, 7) is 3.82. The topological polar surface area (TPSA) is 70.5 Å². The summed E-state index contributed by atoms with van der Waals surface area (Å²) in [7, 11) is 0. The van der Waals surface area contributed by atoms with Gasteiger partial charge in [0.1, 0.15) is 5.52 Å². The van der Waals surface area contributed by atoms with E-state index < -0.39 is 0 Å². The summed E-state index contributed by atoms with van der Waals surface area (Å²) in [5.74, 6) is -0.234. The van der Waals surface area contributed by atoms with Gasteiger partial charge in [0.25, 0.3) is 0 Å². The monoisotopic (exact) mass is 517 g/mol. The lowest BCUT2D eigenvalue weighted by Crippen LogP contribution is -2.56. The molecule has 4 heterocycles. The maximum absolute atomic E-state index is 14.2. The number of imidazole rings is 1. The Morgan fingerprint density at radius 3 is 2.47 bits per heavy atom. The van der Waals surface area contributed by atoms with Gasteiger partial charge in [0, 0.05) is 44.2 Å². The van der Waals surface area contributed by atoms with Crippen molar-refractivity contribution in [3.63, 3.8) is 0 Å². The molecular weight excluding hydrogens is 481 g/mol. The van der Waals surface area contributed by atoms with E-state index in [0.717, 1.165) is 36.9 Å². The number of likely N-dealkylation sites (tertiary alicyclic amines) is 1. The minimum absolute atomic E-state index is 0.0416. The highest BCUT2D eigenvalue weighted by molar-refractivity contribution is 5.84. The second-order valence-electron chi connectivity index (χ2n) is 11.1. The second kappa shape index (κ2) is 10.5. The van der Waals surface area contributed by atoms with E-state index in [0.29, 0.717) is 43.2 Å². The molecule has 3 fully saturated rings. The Hall–Kier alpha value is -3.26. The van der Waals surface area contributed by atoms with E-state index in [2.05, 4.69) is 31.9 Å². The molecule has 3 atom stereocenters. The average molecular weight is 518 g/mol. The molecule has 3 aliphatic heterocycles. The highest BCUT2D eigenvalue weighted by Crippen LogP contribution is 2.42. The van der Waals surface area contributed by atoms with Gasteiger partial charge < -0.3 is 14.8 Å². The Kier molecular flexibility index (Phi) is 6.91. The maximum atomic E-state index is 14.2. The molecule has 1 aromatic heterocycles. The maximum Gasteiger partial charge on any atom is 0.227 e. The van der Waals surface area contributed by atoms with Crippen LogP contribution in [0.3, 0.4) is 0 Å². The minimum atomic E-state index is -0.262. The van der Waals surface area contributed by atoms with Crippen LogP contribution in [0.1, 0.15) is 63.1 Å². The number of nitrogens with zero attached hydrogens (tertiary/aromatic N) is 4. The van der Waals surface area contributed by atoms with Crippen LogP contribution in [0.25, 0.3) is 11.0 Å². The molecule has 2 aromatic carbocycles. The number of carbonyl (C=O) groups is 2. The van der Waals surface area contributed by atoms with Crippen molar-refractivity contribution in [1.82, 2.24) is 24.7 Å². The molecule has 0 aliphatic carbocycles. The smallest absolute Gasteiger partial charge is 0.227 e. The van der Waals surface area contributed by atoms with E-state index in [9.17, 15) is 14.0 Å². The zero-order valence-corrected chi connectivity index (χ0v) is 21.9. The number of para-hydroxylation sites is 1. The lowest BCUT2D eigenvalue weighted by molar-refractivity contribution is -0.143. The largest absolute Gasteiger partial charge is 0.349 e. The molecule has 0 radical (unpaired) electrons. The second-order valence-corrected chi connectivity index (χ2v) is 11.1. The van der Waals surface area contributed by atoms with E-state index in [4.69, 9.17) is 0 Å². The molecule has 200 valence electrons. The van der Waals surface area contributed by atoms with Crippen LogP contribution in [-0.2, 0) is 9.59 Å². The third-order valence-electron chi connectivity index (χ3n) is 8.91. The van der Waals surface area contributed by atoms with E-state index in [-0.39, 0.29) is 29.6 Å². The molecule has 3 saturated heterocycles. The summed E-state index contributed by atoms with van der Waals surface area (Å²) in [5, 5.41) is 3.31. The summed E-state index contributed by atoms with van der Waals surface area (Å²) in [6, 6.07) is 16.6. The van der Waals surface area contributed by atoms with Crippen molar-refractivity contribution in [3.8, 4) is 0 Å². The number of rotatable bonds is 8. The van der Waals surface area contributed by atoms with Crippen molar-refractivity contribution in [3.05, 3.63) is 66.2 Å². The van der Waals surface area contributed by atoms with Gasteiger partial charge in [-0.2, -0.15) is 0 Å². The van der Waals surface area contributed by atoms with Crippen molar-refractivity contribution in [2.24, 2.45) is 5.92 Å². The van der Waals surface area contributed by atoms with Crippen LogP contribution >= 0.6 is 0 Å². The Labute approximate surface area is 223 Å². The summed E-state index contributed by atoms with van der Waals surface area (Å²) < 4.78 is 16.4. The van der Waals surface area contributed by atoms with Crippen LogP contribution < -0.4 is 5.32 Å². The van der Waals surface area contributed by atoms with Crippen molar-refractivity contribution in [1.29, 1.82) is 0 Å². The molecule has 1 N–H and O–H groups in total. The number of halogens is 1. The number of amides is 2. The fourth-order valence-electron chi connectivity index (χ4n) is 6.80. The highest BCUT2D eigenvalue weighted by Gasteiger charge is 2.42. The van der Waals surface area contributed by atoms with Crippen LogP contribution in [-0.4, -0.2) is 62.9 Å². The van der Waals surface area contributed by atoms with Gasteiger partial charge in [-0.1, -0.05) is 43.3 Å². The van der Waals surface area contributed by atoms with Crippen LogP contribution in [0.15, 0.2) is 54.9 Å². The molecule has 2 unspecified atom stereocenters. The van der Waals surface area contributed by atoms with Gasteiger partial charge >= 0.3 is 0 Å². The molecule has 7 nitrogen and oxygen atoms in total. The van der Waals surface area contributed by atoms with E-state index in [1.807, 2.05) is 37.5 Å². The van der Waals surface area contributed by atoms with Gasteiger partial charge in [-0.25, -0.2) is 9.37 Å². The standard InChI is InChI=1S/C30H36FN5O2/c1-2-28(37)34-17-21(18-34)30(38)33-26(20-7-4-3-5-8-20)13-14-35-22-11-12-23(35)16-24(15-22)36-19-32-29-25(31)9-6-10-27(29)36/h3-10,19,21-24,26H,2,11-18H2,1H3,(H,33,38)/t22?,23?,24?,26-/m0/s1. The number of aromatic nitrogens is 2. The van der Waals surface area contributed by atoms with Gasteiger partial charge in [0.2, 0.25) is 11.8 Å². The number of fused-ring (bicyclic) bond motifs is 3. The molecule has 3 aliphatic rings. The number of piperidine rings is 1. The van der Waals surface area contributed by atoms with Crippen molar-refractivity contribution in [2.75, 3.05) is 19.6 Å². The average Bonchev–Trinajstić information content (AvgIpc) is 3.44. The first-order chi connectivity index (χ1) is 18.5. The van der Waals surface area contributed by atoms with Crippen LogP contribution in [0.2, 0.25) is 0 Å². The number of hydrogen-bond donors (Lipinski definition) is 1. The molecule has 8 heteroatoms. The predicted octanol–water partition coefficient (Wildman–Crippen LogP) is 4.46. The fourth-order valence-corrected chi connectivity index (χ4v) is 6.80. The number of carbonyl (C=O) groups excluding carboxylic acids is 2. The molecule has 2 bridgehead atoms. The van der Waals surface area contributed by atoms with Gasteiger partial charge in [0.05, 0.1) is 23.8 Å². The molecule has 0 spiro atoms. The molecule has 38 heavy (non-hydrogen) atoms. The lowest BCUT2D eigenvalue weighted by atomic mass is 9.94. The Balaban J connectivity index is 1.11. The lowest BCUT2D eigenvalue weighted by Gasteiger charge is -2.41. The van der Waals surface area contributed by atoms with Gasteiger partial charge in [-0.3, -0.25) is 14.5 Å². The van der Waals surface area contributed by atoms with Gasteiger partial charge in [0.15, 0.2) is 5.82 Å². The number of hydrogen-bond acceptors (Lipinski definition) is 4. The minimum Gasteiger partial charge on any atom is -0.349 e. The fraction of sp³-hybridized carbons (Fsp3) is 0.500. The van der Waals surface area contributed by atoms with Crippen molar-refractivity contribution in [2.45, 2.75) is 69.6 Å². The quantitative estimate of drug-likeness (QED) is 0.479. The molecule has 2 amide bonds. The van der Waals surface area contributed by atoms with Gasteiger partial charge in [-0.05, 0) is 49.8 Å². The summed E-state index contributed by atoms with van der Waals surface area (Å²) in [5.41, 5.74) is 2.46. The zero-order chi connectivity index (χ0) is 26.2. The SMILES string of the molecule is CCC(=O)N1CC(C(=O)N[C@@H](CCN2C3CCC2CC(n2cnc4c(F)cccc42)C3)c2ccccc2)C1. The summed E-state index contributed by atoms with van der Waals surface area (Å²) in [4.78, 5) is 33.7. The van der Waals surface area contributed by atoms with Crippen LogP contribution in [0.4, 0.5) is 4.39 Å². The van der Waals surface area contributed by atoms with E-state index >= 15 is 0 Å². The van der Waals surface area contributed by atoms with E-state index in [1.54, 1.807) is 11.0 Å². The number of nitrogens with one attached hydrogen (secondary N) is 1. The number of benzene rings is 2. The van der Waals surface area contributed by atoms with Crippen LogP contribution in [0, 0.1) is 11.7 Å². The first-order valence-electron chi connectivity index (χ1n) is 14.0. The predicted molar refractivity (Wildman–Crippen MR) is 144 cm³/mol. The molecule has 0 saturated carbocycles.